The molecule has 100 valence electrons. The third-order valence-electron chi connectivity index (χ3n) is 2.75. The Morgan fingerprint density at radius 3 is 2.72 bits per heavy atom. The zero-order valence-corrected chi connectivity index (χ0v) is 11.5. The second kappa shape index (κ2) is 7.27. The van der Waals surface area contributed by atoms with Crippen LogP contribution in [0.15, 0.2) is 18.2 Å². The molecule has 0 spiro atoms. The fourth-order valence-electron chi connectivity index (χ4n) is 1.71. The normalized spacial score (nSPS) is 12.2. The van der Waals surface area contributed by atoms with Gasteiger partial charge in [0.15, 0.2) is 6.10 Å². The van der Waals surface area contributed by atoms with Crippen molar-refractivity contribution in [1.29, 1.82) is 0 Å². The van der Waals surface area contributed by atoms with Crippen molar-refractivity contribution in [1.82, 2.24) is 0 Å². The van der Waals surface area contributed by atoms with Crippen LogP contribution in [-0.2, 0) is 4.79 Å². The van der Waals surface area contributed by atoms with Gasteiger partial charge in [0.25, 0.3) is 0 Å². The highest BCUT2D eigenvalue weighted by Gasteiger charge is 2.19. The van der Waals surface area contributed by atoms with Crippen molar-refractivity contribution in [3.05, 3.63) is 28.8 Å². The van der Waals surface area contributed by atoms with Gasteiger partial charge in [-0.2, -0.15) is 0 Å². The number of hydrogen-bond acceptors (Lipinski definition) is 2. The second-order valence-corrected chi connectivity index (χ2v) is 4.79. The average Bonchev–Trinajstić information content (AvgIpc) is 2.30. The molecule has 0 aliphatic rings. The molecular formula is C14H19ClO3. The third-order valence-corrected chi connectivity index (χ3v) is 2.99. The first-order valence-electron chi connectivity index (χ1n) is 6.20. The zero-order chi connectivity index (χ0) is 13.5. The highest BCUT2D eigenvalue weighted by Crippen LogP contribution is 2.24. The Kier molecular flexibility index (Phi) is 5.99. The summed E-state index contributed by atoms with van der Waals surface area (Å²) in [6, 6.07) is 5.18. The van der Waals surface area contributed by atoms with Gasteiger partial charge >= 0.3 is 5.97 Å². The number of rotatable bonds is 7. The summed E-state index contributed by atoms with van der Waals surface area (Å²) >= 11 is 5.85. The average molecular weight is 271 g/mol. The van der Waals surface area contributed by atoms with E-state index < -0.39 is 12.1 Å². The molecule has 0 aliphatic carbocycles. The van der Waals surface area contributed by atoms with Gasteiger partial charge in [0, 0.05) is 5.02 Å². The van der Waals surface area contributed by atoms with Gasteiger partial charge in [-0.25, -0.2) is 4.79 Å². The van der Waals surface area contributed by atoms with Crippen molar-refractivity contribution >= 4 is 17.6 Å². The molecule has 0 bridgehead atoms. The van der Waals surface area contributed by atoms with E-state index >= 15 is 0 Å². The first-order chi connectivity index (χ1) is 8.54. The lowest BCUT2D eigenvalue weighted by atomic mass is 10.1. The van der Waals surface area contributed by atoms with Crippen LogP contribution < -0.4 is 4.74 Å². The Hall–Kier alpha value is -1.22. The first-order valence-corrected chi connectivity index (χ1v) is 6.58. The molecule has 0 amide bonds. The monoisotopic (exact) mass is 270 g/mol. The lowest BCUT2D eigenvalue weighted by molar-refractivity contribution is -0.145. The molecule has 0 aromatic heterocycles. The molecule has 1 aromatic rings. The van der Waals surface area contributed by atoms with Gasteiger partial charge in [-0.15, -0.1) is 0 Å². The molecular weight excluding hydrogens is 252 g/mol. The number of hydrogen-bond donors (Lipinski definition) is 1. The van der Waals surface area contributed by atoms with Crippen LogP contribution in [0.3, 0.4) is 0 Å². The second-order valence-electron chi connectivity index (χ2n) is 4.35. The van der Waals surface area contributed by atoms with Gasteiger partial charge in [0.2, 0.25) is 0 Å². The van der Waals surface area contributed by atoms with Crippen molar-refractivity contribution < 1.29 is 14.6 Å². The Balaban J connectivity index is 2.67. The first kappa shape index (κ1) is 14.8. The van der Waals surface area contributed by atoms with Crippen LogP contribution in [0.5, 0.6) is 5.75 Å². The number of aliphatic carboxylic acids is 1. The number of carboxylic acids is 1. The number of carbonyl (C=O) groups is 1. The van der Waals surface area contributed by atoms with Crippen LogP contribution >= 0.6 is 11.6 Å². The fraction of sp³-hybridized carbons (Fsp3) is 0.500. The SMILES string of the molecule is CCCCC[C@H](Oc1ccc(Cl)cc1C)C(=O)O. The Morgan fingerprint density at radius 1 is 1.44 bits per heavy atom. The smallest absolute Gasteiger partial charge is 0.344 e. The van der Waals surface area contributed by atoms with Crippen LogP contribution in [0.1, 0.15) is 38.2 Å². The Labute approximate surface area is 113 Å². The largest absolute Gasteiger partial charge is 0.479 e. The van der Waals surface area contributed by atoms with E-state index in [1.54, 1.807) is 18.2 Å². The van der Waals surface area contributed by atoms with Crippen LogP contribution in [0.25, 0.3) is 0 Å². The highest BCUT2D eigenvalue weighted by atomic mass is 35.5. The van der Waals surface area contributed by atoms with Crippen molar-refractivity contribution in [3.8, 4) is 5.75 Å². The molecule has 0 heterocycles. The third kappa shape index (κ3) is 4.57. The molecule has 0 saturated heterocycles. The van der Waals surface area contributed by atoms with E-state index in [-0.39, 0.29) is 0 Å². The van der Waals surface area contributed by atoms with Gasteiger partial charge in [0.05, 0.1) is 0 Å². The maximum absolute atomic E-state index is 11.1. The van der Waals surface area contributed by atoms with E-state index in [1.807, 2.05) is 6.92 Å². The van der Waals surface area contributed by atoms with E-state index in [1.165, 1.54) is 0 Å². The van der Waals surface area contributed by atoms with E-state index in [9.17, 15) is 4.79 Å². The lowest BCUT2D eigenvalue weighted by Crippen LogP contribution is -2.27. The molecule has 0 radical (unpaired) electrons. The van der Waals surface area contributed by atoms with Crippen LogP contribution in [0.2, 0.25) is 5.02 Å². The summed E-state index contributed by atoms with van der Waals surface area (Å²) in [7, 11) is 0. The molecule has 1 atom stereocenters. The number of carboxylic acid groups (broad SMARTS) is 1. The maximum atomic E-state index is 11.1. The summed E-state index contributed by atoms with van der Waals surface area (Å²) in [5.41, 5.74) is 0.851. The van der Waals surface area contributed by atoms with Gasteiger partial charge in [-0.05, 0) is 43.5 Å². The van der Waals surface area contributed by atoms with Crippen molar-refractivity contribution in [3.63, 3.8) is 0 Å². The summed E-state index contributed by atoms with van der Waals surface area (Å²) in [6.45, 7) is 3.94. The van der Waals surface area contributed by atoms with Crippen molar-refractivity contribution in [2.24, 2.45) is 0 Å². The summed E-state index contributed by atoms with van der Waals surface area (Å²) in [5, 5.41) is 9.75. The number of unbranched alkanes of at least 4 members (excludes halogenated alkanes) is 2. The summed E-state index contributed by atoms with van der Waals surface area (Å²) in [6.07, 6.45) is 2.70. The molecule has 0 saturated carbocycles. The summed E-state index contributed by atoms with van der Waals surface area (Å²) in [4.78, 5) is 11.1. The maximum Gasteiger partial charge on any atom is 0.344 e. The van der Waals surface area contributed by atoms with Gasteiger partial charge < -0.3 is 9.84 Å². The predicted octanol–water partition coefficient (Wildman–Crippen LogP) is 4.06. The molecule has 1 aromatic carbocycles. The standard InChI is InChI=1S/C14H19ClO3/c1-3-4-5-6-13(14(16)17)18-12-8-7-11(15)9-10(12)2/h7-9,13H,3-6H2,1-2H3,(H,16,17)/t13-/m0/s1. The molecule has 1 rings (SSSR count). The molecule has 18 heavy (non-hydrogen) atoms. The summed E-state index contributed by atoms with van der Waals surface area (Å²) in [5.74, 6) is -0.330. The molecule has 0 aliphatic heterocycles. The Morgan fingerprint density at radius 2 is 2.17 bits per heavy atom. The topological polar surface area (TPSA) is 46.5 Å². The van der Waals surface area contributed by atoms with Gasteiger partial charge in [-0.1, -0.05) is 31.4 Å². The zero-order valence-electron chi connectivity index (χ0n) is 10.8. The number of aryl methyl sites for hydroxylation is 1. The van der Waals surface area contributed by atoms with Gasteiger partial charge in [-0.3, -0.25) is 0 Å². The fourth-order valence-corrected chi connectivity index (χ4v) is 1.94. The number of halogens is 1. The Bertz CT molecular complexity index is 404. The predicted molar refractivity (Wildman–Crippen MR) is 72.4 cm³/mol. The highest BCUT2D eigenvalue weighted by molar-refractivity contribution is 6.30. The minimum atomic E-state index is -0.916. The minimum Gasteiger partial charge on any atom is -0.479 e. The molecule has 3 nitrogen and oxygen atoms in total. The number of ether oxygens (including phenoxy) is 1. The van der Waals surface area contributed by atoms with E-state index in [4.69, 9.17) is 21.4 Å². The molecule has 0 unspecified atom stereocenters. The lowest BCUT2D eigenvalue weighted by Gasteiger charge is -2.16. The van der Waals surface area contributed by atoms with Crippen LogP contribution in [0.4, 0.5) is 0 Å². The van der Waals surface area contributed by atoms with Crippen LogP contribution in [0, 0.1) is 6.92 Å². The van der Waals surface area contributed by atoms with Crippen molar-refractivity contribution in [2.75, 3.05) is 0 Å². The van der Waals surface area contributed by atoms with E-state index in [0.29, 0.717) is 17.2 Å². The van der Waals surface area contributed by atoms with Crippen LogP contribution in [-0.4, -0.2) is 17.2 Å². The van der Waals surface area contributed by atoms with Crippen molar-refractivity contribution in [2.45, 2.75) is 45.6 Å². The summed E-state index contributed by atoms with van der Waals surface area (Å²) < 4.78 is 5.55. The van der Waals surface area contributed by atoms with E-state index in [2.05, 4.69) is 6.92 Å². The quantitative estimate of drug-likeness (QED) is 0.760. The van der Waals surface area contributed by atoms with Gasteiger partial charge in [0.1, 0.15) is 5.75 Å². The number of benzene rings is 1. The van der Waals surface area contributed by atoms with E-state index in [0.717, 1.165) is 24.8 Å². The molecule has 0 fully saturated rings. The molecule has 4 heteroatoms. The molecule has 1 N–H and O–H groups in total. The minimum absolute atomic E-state index is 0.533.